The molecule has 1 radical (unpaired) electrons. The first kappa shape index (κ1) is 29.3. The van der Waals surface area contributed by atoms with Gasteiger partial charge in [-0.1, -0.05) is 37.3 Å². The smallest absolute Gasteiger partial charge is 0.146 e. The summed E-state index contributed by atoms with van der Waals surface area (Å²) in [5.41, 5.74) is 6.55. The number of nitrogens with zero attached hydrogens (tertiary/aromatic N) is 6. The molecule has 2 aliphatic rings. The second-order valence-electron chi connectivity index (χ2n) is 10.0. The molecule has 0 saturated carbocycles. The van der Waals surface area contributed by atoms with Crippen LogP contribution in [-0.4, -0.2) is 16.0 Å². The molecule has 7 heteroatoms. The molecule has 0 aliphatic carbocycles. The Bertz CT molecular complexity index is 1580. The first-order chi connectivity index (χ1) is 20.1. The van der Waals surface area contributed by atoms with Crippen LogP contribution in [0.5, 0.6) is 0 Å². The van der Waals surface area contributed by atoms with Crippen LogP contribution in [-0.2, 0) is 26.5 Å². The van der Waals surface area contributed by atoms with Crippen LogP contribution in [0.25, 0.3) is 0 Å². The maximum Gasteiger partial charge on any atom is 0.146 e. The van der Waals surface area contributed by atoms with Gasteiger partial charge in [0.2, 0.25) is 0 Å². The van der Waals surface area contributed by atoms with Crippen molar-refractivity contribution < 1.29 is 20.1 Å². The summed E-state index contributed by atoms with van der Waals surface area (Å²) in [7, 11) is 0. The Hall–Kier alpha value is -4.19. The molecule has 3 heterocycles. The normalized spacial score (nSPS) is 13.3. The Balaban J connectivity index is 0.000000169. The quantitative estimate of drug-likeness (QED) is 0.170. The van der Waals surface area contributed by atoms with Crippen LogP contribution in [0.1, 0.15) is 26.5 Å². The second-order valence-corrected chi connectivity index (χ2v) is 10.0. The first-order valence-electron chi connectivity index (χ1n) is 13.9. The predicted molar refractivity (Wildman–Crippen MR) is 167 cm³/mol. The molecule has 0 atom stereocenters. The fraction of sp³-hybridized carbons (Fsp3) is 0.143. The molecule has 0 unspecified atom stereocenters. The second kappa shape index (κ2) is 13.2. The Morgan fingerprint density at radius 1 is 0.690 bits per heavy atom. The van der Waals surface area contributed by atoms with Gasteiger partial charge in [-0.3, -0.25) is 0 Å². The molecule has 1 aromatic heterocycles. The Morgan fingerprint density at radius 2 is 1.31 bits per heavy atom. The molecule has 2 aliphatic heterocycles. The average Bonchev–Trinajstić information content (AvgIpc) is 3.62. The Morgan fingerprint density at radius 3 is 1.93 bits per heavy atom. The third kappa shape index (κ3) is 5.89. The van der Waals surface area contributed by atoms with Crippen molar-refractivity contribution in [3.05, 3.63) is 140 Å². The average molecular weight is 729 g/mol. The van der Waals surface area contributed by atoms with Gasteiger partial charge in [-0.2, -0.15) is 67.3 Å². The van der Waals surface area contributed by atoms with E-state index in [1.807, 2.05) is 78.4 Å². The molecule has 7 rings (SSSR count). The van der Waals surface area contributed by atoms with E-state index >= 15 is 0 Å². The number of para-hydroxylation sites is 5. The van der Waals surface area contributed by atoms with Crippen molar-refractivity contribution in [3.63, 3.8) is 0 Å². The van der Waals surface area contributed by atoms with E-state index in [-0.39, 0.29) is 20.1 Å². The Labute approximate surface area is 262 Å². The van der Waals surface area contributed by atoms with E-state index in [9.17, 15) is 0 Å². The minimum atomic E-state index is 0. The number of aromatic nitrogens is 2. The maximum absolute atomic E-state index is 4.78. The molecule has 42 heavy (non-hydrogen) atoms. The molecule has 4 aromatic carbocycles. The zero-order valence-electron chi connectivity index (χ0n) is 23.8. The molecule has 0 N–H and O–H groups in total. The molecular weight excluding hydrogens is 697 g/mol. The van der Waals surface area contributed by atoms with Crippen molar-refractivity contribution in [2.75, 3.05) is 19.6 Å². The van der Waals surface area contributed by atoms with Crippen LogP contribution in [0.4, 0.5) is 40.1 Å². The molecule has 0 amide bonds. The van der Waals surface area contributed by atoms with Crippen LogP contribution in [0.2, 0.25) is 0 Å². The molecule has 5 aromatic rings. The van der Waals surface area contributed by atoms with Crippen molar-refractivity contribution in [2.24, 2.45) is 0 Å². The number of hydrogen-bond donors (Lipinski definition) is 0. The fourth-order valence-electron chi connectivity index (χ4n) is 4.89. The summed E-state index contributed by atoms with van der Waals surface area (Å²) in [5.74, 6) is 1.68. The van der Waals surface area contributed by atoms with Gasteiger partial charge in [0, 0.05) is 37.2 Å². The van der Waals surface area contributed by atoms with Crippen molar-refractivity contribution in [1.82, 2.24) is 9.97 Å². The van der Waals surface area contributed by atoms with Crippen molar-refractivity contribution >= 4 is 40.1 Å². The van der Waals surface area contributed by atoms with Gasteiger partial charge in [0.05, 0.1) is 11.9 Å². The summed E-state index contributed by atoms with van der Waals surface area (Å²) in [5, 5.41) is 0. The number of rotatable bonds is 5. The van der Waals surface area contributed by atoms with Gasteiger partial charge >= 0.3 is 0 Å². The van der Waals surface area contributed by atoms with E-state index in [0.717, 1.165) is 40.8 Å². The molecule has 0 fully saturated rings. The van der Waals surface area contributed by atoms with E-state index in [4.69, 9.17) is 4.98 Å². The van der Waals surface area contributed by atoms with Gasteiger partial charge in [-0.15, -0.1) is 18.0 Å². The van der Waals surface area contributed by atoms with E-state index in [0.29, 0.717) is 6.04 Å². The van der Waals surface area contributed by atoms with Gasteiger partial charge in [0.15, 0.2) is 0 Å². The summed E-state index contributed by atoms with van der Waals surface area (Å²) in [6, 6.07) is 41.6. The zero-order valence-corrected chi connectivity index (χ0v) is 26.2. The summed E-state index contributed by atoms with van der Waals surface area (Å²) >= 11 is 0. The van der Waals surface area contributed by atoms with Crippen LogP contribution < -0.4 is 19.6 Å². The van der Waals surface area contributed by atoms with Gasteiger partial charge in [0.1, 0.15) is 11.6 Å². The van der Waals surface area contributed by atoms with Crippen molar-refractivity contribution in [2.45, 2.75) is 33.2 Å². The standard InChI is InChI=1S/C19H16N4.C16H16N2.Ir/c1-2-15-13-20-18-19(21-15)23(17-11-7-4-8-12-17)14-22(18)16-9-5-3-6-10-16;1-13(2)17-12-18(14-8-4-3-5-9-14)16-11-7-6-10-15(16)17;/h3-9,11-14H,2H2,1H3;3-8,10-13H,1-2H3;/q2*-2;. The van der Waals surface area contributed by atoms with Crippen LogP contribution in [0, 0.1) is 25.5 Å². The fourth-order valence-corrected chi connectivity index (χ4v) is 4.89. The van der Waals surface area contributed by atoms with Crippen LogP contribution in [0.15, 0.2) is 109 Å². The predicted octanol–water partition coefficient (Wildman–Crippen LogP) is 8.22. The van der Waals surface area contributed by atoms with Crippen LogP contribution in [0.3, 0.4) is 0 Å². The molecular formula is C35H32IrN6-4. The van der Waals surface area contributed by atoms with E-state index in [1.54, 1.807) is 0 Å². The third-order valence-corrected chi connectivity index (χ3v) is 6.99. The largest absolute Gasteiger partial charge is 0.499 e. The summed E-state index contributed by atoms with van der Waals surface area (Å²) in [4.78, 5) is 18.0. The third-order valence-electron chi connectivity index (χ3n) is 6.99. The number of anilines is 7. The van der Waals surface area contributed by atoms with Crippen LogP contribution >= 0.6 is 0 Å². The van der Waals surface area contributed by atoms with Gasteiger partial charge < -0.3 is 19.6 Å². The molecule has 0 saturated heterocycles. The SMILES string of the molecule is CC(C)N1[CH-]N(c2[c-]cccc2)c2ccccc21.CCc1cnc2c(n1)N(c1ccccc1)[CH-]N2c1[c-]cccc1.[Ir]. The van der Waals surface area contributed by atoms with E-state index in [1.165, 1.54) is 11.4 Å². The minimum absolute atomic E-state index is 0. The van der Waals surface area contributed by atoms with Crippen molar-refractivity contribution in [3.8, 4) is 0 Å². The molecule has 215 valence electrons. The first-order valence-corrected chi connectivity index (χ1v) is 13.9. The van der Waals surface area contributed by atoms with E-state index in [2.05, 4.69) is 102 Å². The number of fused-ring (bicyclic) bond motifs is 2. The molecule has 0 spiro atoms. The monoisotopic (exact) mass is 729 g/mol. The molecule has 6 nitrogen and oxygen atoms in total. The summed E-state index contributed by atoms with van der Waals surface area (Å²) in [6.07, 6.45) is 2.71. The maximum atomic E-state index is 4.78. The van der Waals surface area contributed by atoms with Gasteiger partial charge in [0.25, 0.3) is 0 Å². The summed E-state index contributed by atoms with van der Waals surface area (Å²) in [6.45, 7) is 10.7. The number of hydrogen-bond acceptors (Lipinski definition) is 6. The molecule has 0 bridgehead atoms. The minimum Gasteiger partial charge on any atom is -0.499 e. The van der Waals surface area contributed by atoms with Crippen molar-refractivity contribution in [1.29, 1.82) is 0 Å². The van der Waals surface area contributed by atoms with Gasteiger partial charge in [-0.05, 0) is 50.6 Å². The zero-order chi connectivity index (χ0) is 28.2. The number of aryl methyl sites for hydroxylation is 1. The van der Waals surface area contributed by atoms with Gasteiger partial charge in [-0.25, -0.2) is 9.97 Å². The van der Waals surface area contributed by atoms with E-state index < -0.39 is 0 Å². The topological polar surface area (TPSA) is 38.7 Å². The summed E-state index contributed by atoms with van der Waals surface area (Å²) < 4.78 is 0. The number of benzene rings is 4. The Kier molecular flexibility index (Phi) is 9.21.